The van der Waals surface area contributed by atoms with Crippen molar-refractivity contribution in [3.8, 4) is 5.75 Å². The van der Waals surface area contributed by atoms with Gasteiger partial charge in [0.25, 0.3) is 0 Å². The van der Waals surface area contributed by atoms with Crippen molar-refractivity contribution in [2.24, 2.45) is 0 Å². The Balaban J connectivity index is 1.84. The molecule has 0 saturated carbocycles. The molecule has 0 aliphatic rings. The van der Waals surface area contributed by atoms with Gasteiger partial charge in [-0.3, -0.25) is 0 Å². The Kier molecular flexibility index (Phi) is 5.12. The average Bonchev–Trinajstić information content (AvgIpc) is 2.89. The lowest BCUT2D eigenvalue weighted by Gasteiger charge is -2.10. The zero-order valence-corrected chi connectivity index (χ0v) is 12.2. The Morgan fingerprint density at radius 2 is 2.00 bits per heavy atom. The van der Waals surface area contributed by atoms with E-state index >= 15 is 0 Å². The lowest BCUT2D eigenvalue weighted by atomic mass is 10.1. The Bertz CT molecular complexity index is 522. The predicted molar refractivity (Wildman–Crippen MR) is 76.7 cm³/mol. The summed E-state index contributed by atoms with van der Waals surface area (Å²) in [5.74, 6) is 0.831. The zero-order valence-electron chi connectivity index (χ0n) is 12.2. The summed E-state index contributed by atoms with van der Waals surface area (Å²) in [5, 5.41) is 10.7. The summed E-state index contributed by atoms with van der Waals surface area (Å²) in [4.78, 5) is 0. The van der Waals surface area contributed by atoms with Crippen molar-refractivity contribution in [1.29, 1.82) is 0 Å². The smallest absolute Gasteiger partial charge is 0.145 e. The van der Waals surface area contributed by atoms with Crippen molar-refractivity contribution in [3.63, 3.8) is 0 Å². The highest BCUT2D eigenvalue weighted by molar-refractivity contribution is 5.27. The van der Waals surface area contributed by atoms with Crippen LogP contribution in [-0.4, -0.2) is 23.4 Å². The monoisotopic (exact) mass is 275 g/mol. The van der Waals surface area contributed by atoms with Gasteiger partial charge in [0.1, 0.15) is 23.7 Å². The molecule has 2 rings (SSSR count). The largest absolute Gasteiger partial charge is 0.487 e. The maximum Gasteiger partial charge on any atom is 0.145 e. The molecule has 1 aromatic carbocycles. The molecule has 20 heavy (non-hydrogen) atoms. The standard InChI is InChI=1S/C15H21N3O2/c1-11(16-3)4-5-13-6-8-14(9-7-13)19-10-15-12(2)17-20-18-15/h6-9,11,16H,4-5,10H2,1-3H3. The summed E-state index contributed by atoms with van der Waals surface area (Å²) < 4.78 is 10.3. The molecular formula is C15H21N3O2. The Hall–Kier alpha value is -1.88. The molecule has 0 saturated heterocycles. The number of aryl methyl sites for hydroxylation is 2. The molecule has 108 valence electrons. The lowest BCUT2D eigenvalue weighted by Crippen LogP contribution is -2.21. The van der Waals surface area contributed by atoms with Gasteiger partial charge in [0.15, 0.2) is 0 Å². The second kappa shape index (κ2) is 7.05. The molecule has 5 heteroatoms. The first kappa shape index (κ1) is 14.5. The van der Waals surface area contributed by atoms with E-state index in [0.29, 0.717) is 12.6 Å². The number of ether oxygens (including phenoxy) is 1. The molecule has 5 nitrogen and oxygen atoms in total. The molecule has 0 fully saturated rings. The van der Waals surface area contributed by atoms with E-state index in [1.54, 1.807) is 0 Å². The van der Waals surface area contributed by atoms with Gasteiger partial charge in [0.05, 0.1) is 0 Å². The van der Waals surface area contributed by atoms with Gasteiger partial charge in [0, 0.05) is 6.04 Å². The Morgan fingerprint density at radius 3 is 2.60 bits per heavy atom. The number of rotatable bonds is 7. The first-order valence-corrected chi connectivity index (χ1v) is 6.86. The highest BCUT2D eigenvalue weighted by Gasteiger charge is 2.06. The van der Waals surface area contributed by atoms with E-state index in [0.717, 1.165) is 30.0 Å². The third-order valence-corrected chi connectivity index (χ3v) is 3.40. The second-order valence-electron chi connectivity index (χ2n) is 4.96. The Labute approximate surface area is 119 Å². The van der Waals surface area contributed by atoms with Crippen LogP contribution in [0, 0.1) is 6.92 Å². The van der Waals surface area contributed by atoms with E-state index in [-0.39, 0.29) is 0 Å². The Morgan fingerprint density at radius 1 is 1.25 bits per heavy atom. The number of hydrogen-bond acceptors (Lipinski definition) is 5. The van der Waals surface area contributed by atoms with Crippen LogP contribution in [0.1, 0.15) is 30.3 Å². The highest BCUT2D eigenvalue weighted by atomic mass is 16.6. The van der Waals surface area contributed by atoms with Gasteiger partial charge < -0.3 is 10.1 Å². The summed E-state index contributed by atoms with van der Waals surface area (Å²) in [6.45, 7) is 4.42. The lowest BCUT2D eigenvalue weighted by molar-refractivity contribution is 0.270. The van der Waals surface area contributed by atoms with Gasteiger partial charge in [0.2, 0.25) is 0 Å². The van der Waals surface area contributed by atoms with E-state index in [4.69, 9.17) is 4.74 Å². The molecule has 1 unspecified atom stereocenters. The fraction of sp³-hybridized carbons (Fsp3) is 0.467. The van der Waals surface area contributed by atoms with E-state index < -0.39 is 0 Å². The summed E-state index contributed by atoms with van der Waals surface area (Å²) in [5.41, 5.74) is 2.82. The number of aromatic nitrogens is 2. The summed E-state index contributed by atoms with van der Waals surface area (Å²) in [6.07, 6.45) is 2.19. The molecule has 1 N–H and O–H groups in total. The average molecular weight is 275 g/mol. The number of nitrogens with one attached hydrogen (secondary N) is 1. The van der Waals surface area contributed by atoms with Gasteiger partial charge in [-0.05, 0) is 51.4 Å². The van der Waals surface area contributed by atoms with Crippen LogP contribution >= 0.6 is 0 Å². The van der Waals surface area contributed by atoms with E-state index in [1.807, 2.05) is 26.1 Å². The molecule has 0 radical (unpaired) electrons. The molecule has 1 heterocycles. The van der Waals surface area contributed by atoms with Gasteiger partial charge in [-0.2, -0.15) is 0 Å². The van der Waals surface area contributed by atoms with Crippen LogP contribution in [0.4, 0.5) is 0 Å². The molecule has 1 aromatic heterocycles. The molecule has 0 spiro atoms. The van der Waals surface area contributed by atoms with Crippen LogP contribution in [-0.2, 0) is 13.0 Å². The molecule has 2 aromatic rings. The van der Waals surface area contributed by atoms with Crippen LogP contribution in [0.25, 0.3) is 0 Å². The SMILES string of the molecule is CNC(C)CCc1ccc(OCc2nonc2C)cc1. The molecule has 0 bridgehead atoms. The van der Waals surface area contributed by atoms with Crippen LogP contribution < -0.4 is 10.1 Å². The fourth-order valence-corrected chi connectivity index (χ4v) is 1.81. The van der Waals surface area contributed by atoms with Crippen molar-refractivity contribution < 1.29 is 9.37 Å². The minimum absolute atomic E-state index is 0.380. The second-order valence-corrected chi connectivity index (χ2v) is 4.96. The topological polar surface area (TPSA) is 60.2 Å². The summed E-state index contributed by atoms with van der Waals surface area (Å²) >= 11 is 0. The molecule has 1 atom stereocenters. The maximum absolute atomic E-state index is 5.66. The molecular weight excluding hydrogens is 254 g/mol. The number of benzene rings is 1. The van der Waals surface area contributed by atoms with Gasteiger partial charge in [-0.15, -0.1) is 0 Å². The molecule has 0 amide bonds. The van der Waals surface area contributed by atoms with Crippen molar-refractivity contribution in [3.05, 3.63) is 41.2 Å². The third kappa shape index (κ3) is 4.06. The zero-order chi connectivity index (χ0) is 14.4. The fourth-order valence-electron chi connectivity index (χ4n) is 1.81. The highest BCUT2D eigenvalue weighted by Crippen LogP contribution is 2.15. The van der Waals surface area contributed by atoms with Crippen LogP contribution in [0.5, 0.6) is 5.75 Å². The molecule has 0 aliphatic heterocycles. The minimum Gasteiger partial charge on any atom is -0.487 e. The van der Waals surface area contributed by atoms with Crippen LogP contribution in [0.3, 0.4) is 0 Å². The van der Waals surface area contributed by atoms with Crippen LogP contribution in [0.2, 0.25) is 0 Å². The maximum atomic E-state index is 5.66. The normalized spacial score (nSPS) is 12.3. The van der Waals surface area contributed by atoms with E-state index in [2.05, 4.69) is 39.3 Å². The van der Waals surface area contributed by atoms with E-state index in [9.17, 15) is 0 Å². The number of nitrogens with zero attached hydrogens (tertiary/aromatic N) is 2. The van der Waals surface area contributed by atoms with Crippen molar-refractivity contribution in [2.75, 3.05) is 7.05 Å². The molecule has 0 aliphatic carbocycles. The first-order chi connectivity index (χ1) is 9.69. The summed E-state index contributed by atoms with van der Waals surface area (Å²) in [7, 11) is 1.99. The van der Waals surface area contributed by atoms with Gasteiger partial charge in [-0.25, -0.2) is 4.63 Å². The van der Waals surface area contributed by atoms with Gasteiger partial charge >= 0.3 is 0 Å². The third-order valence-electron chi connectivity index (χ3n) is 3.40. The minimum atomic E-state index is 0.380. The van der Waals surface area contributed by atoms with Crippen molar-refractivity contribution in [2.45, 2.75) is 39.3 Å². The quantitative estimate of drug-likeness (QED) is 0.841. The summed E-state index contributed by atoms with van der Waals surface area (Å²) in [6, 6.07) is 8.72. The number of hydrogen-bond donors (Lipinski definition) is 1. The predicted octanol–water partition coefficient (Wildman–Crippen LogP) is 2.50. The van der Waals surface area contributed by atoms with Crippen molar-refractivity contribution >= 4 is 0 Å². The van der Waals surface area contributed by atoms with Crippen molar-refractivity contribution in [1.82, 2.24) is 15.6 Å². The van der Waals surface area contributed by atoms with Crippen LogP contribution in [0.15, 0.2) is 28.9 Å². The van der Waals surface area contributed by atoms with Gasteiger partial charge in [-0.1, -0.05) is 22.4 Å². The van der Waals surface area contributed by atoms with E-state index in [1.165, 1.54) is 5.56 Å². The first-order valence-electron chi connectivity index (χ1n) is 6.86.